The number of carbonyl (C=O) groups excluding carboxylic acids is 2. The first kappa shape index (κ1) is 13.1. The van der Waals surface area contributed by atoms with Gasteiger partial charge in [-0.1, -0.05) is 19.3 Å². The summed E-state index contributed by atoms with van der Waals surface area (Å²) in [6.45, 7) is 6.85. The molecule has 1 rings (SSSR count). The fraction of sp³-hybridized carbons (Fsp3) is 0.769. The number of ketones is 2. The van der Waals surface area contributed by atoms with Crippen LogP contribution in [0.25, 0.3) is 0 Å². The molecular weight excluding hydrogens is 202 g/mol. The Balaban J connectivity index is 2.80. The average molecular weight is 223 g/mol. The van der Waals surface area contributed by atoms with Gasteiger partial charge in [-0.2, -0.15) is 0 Å². The lowest BCUT2D eigenvalue weighted by Crippen LogP contribution is -2.40. The van der Waals surface area contributed by atoms with Crippen LogP contribution in [0.3, 0.4) is 0 Å². The molecule has 1 unspecified atom stereocenters. The van der Waals surface area contributed by atoms with Crippen LogP contribution in [0.5, 0.6) is 0 Å². The lowest BCUT2D eigenvalue weighted by Gasteiger charge is -2.33. The number of hydrogen-bond donors (Lipinski definition) is 0. The molecule has 1 aliphatic carbocycles. The van der Waals surface area contributed by atoms with Crippen LogP contribution in [0, 0.1) is 5.41 Å². The lowest BCUT2D eigenvalue weighted by molar-refractivity contribution is -0.142. The van der Waals surface area contributed by atoms with Crippen LogP contribution in [0.2, 0.25) is 0 Å². The Kier molecular flexibility index (Phi) is 4.39. The van der Waals surface area contributed by atoms with E-state index in [-0.39, 0.29) is 17.6 Å². The zero-order chi connectivity index (χ0) is 12.2. The van der Waals surface area contributed by atoms with Crippen molar-refractivity contribution in [2.75, 3.05) is 0 Å². The van der Waals surface area contributed by atoms with Crippen LogP contribution in [0.1, 0.15) is 52.4 Å². The van der Waals surface area contributed by atoms with E-state index in [2.05, 4.69) is 11.7 Å². The smallest absolute Gasteiger partial charge is 0.148 e. The highest BCUT2D eigenvalue weighted by molar-refractivity contribution is 6.06. The van der Waals surface area contributed by atoms with Crippen LogP contribution >= 0.6 is 0 Å². The maximum absolute atomic E-state index is 12.2. The molecule has 0 amide bonds. The van der Waals surface area contributed by atoms with Gasteiger partial charge in [-0.25, -0.2) is 0 Å². The van der Waals surface area contributed by atoms with Crippen molar-refractivity contribution >= 4 is 18.3 Å². The maximum Gasteiger partial charge on any atom is 0.148 e. The first-order chi connectivity index (χ1) is 7.53. The molecule has 0 N–H and O–H groups in total. The van der Waals surface area contributed by atoms with E-state index in [1.54, 1.807) is 6.92 Å². The third-order valence-electron chi connectivity index (χ3n) is 3.71. The van der Waals surface area contributed by atoms with Crippen molar-refractivity contribution in [1.82, 2.24) is 0 Å². The molecule has 1 saturated carbocycles. The van der Waals surface area contributed by atoms with E-state index in [9.17, 15) is 9.59 Å². The van der Waals surface area contributed by atoms with Gasteiger partial charge in [0, 0.05) is 6.42 Å². The summed E-state index contributed by atoms with van der Waals surface area (Å²) in [4.78, 5) is 27.8. The summed E-state index contributed by atoms with van der Waals surface area (Å²) in [5, 5.41) is 0. The molecule has 0 aromatic carbocycles. The SMILES string of the molecule is C=NC(C)CC(=O)C1(C(C)=O)CCCCC1. The zero-order valence-electron chi connectivity index (χ0n) is 10.3. The molecule has 0 saturated heterocycles. The highest BCUT2D eigenvalue weighted by Crippen LogP contribution is 2.39. The van der Waals surface area contributed by atoms with Crippen molar-refractivity contribution in [3.05, 3.63) is 0 Å². The lowest BCUT2D eigenvalue weighted by atomic mass is 9.67. The van der Waals surface area contributed by atoms with Gasteiger partial charge in [-0.15, -0.1) is 0 Å². The molecule has 0 bridgehead atoms. The third kappa shape index (κ3) is 2.57. The molecule has 0 radical (unpaired) electrons. The van der Waals surface area contributed by atoms with Crippen LogP contribution in [0.15, 0.2) is 4.99 Å². The van der Waals surface area contributed by atoms with E-state index < -0.39 is 5.41 Å². The summed E-state index contributed by atoms with van der Waals surface area (Å²) in [7, 11) is 0. The second kappa shape index (κ2) is 5.37. The van der Waals surface area contributed by atoms with Gasteiger partial charge in [-0.3, -0.25) is 14.6 Å². The molecule has 3 heteroatoms. The first-order valence-electron chi connectivity index (χ1n) is 6.03. The van der Waals surface area contributed by atoms with Gasteiger partial charge in [0.05, 0.1) is 11.5 Å². The van der Waals surface area contributed by atoms with E-state index in [0.29, 0.717) is 6.42 Å². The third-order valence-corrected chi connectivity index (χ3v) is 3.71. The number of hydrogen-bond acceptors (Lipinski definition) is 3. The molecule has 1 fully saturated rings. The van der Waals surface area contributed by atoms with Crippen molar-refractivity contribution in [3.63, 3.8) is 0 Å². The number of Topliss-reactive ketones (excluding diaryl/α,β-unsaturated/α-hetero) is 2. The fourth-order valence-corrected chi connectivity index (χ4v) is 2.51. The molecule has 1 atom stereocenters. The molecule has 0 aromatic heterocycles. The fourth-order valence-electron chi connectivity index (χ4n) is 2.51. The van der Waals surface area contributed by atoms with Crippen LogP contribution < -0.4 is 0 Å². The van der Waals surface area contributed by atoms with E-state index >= 15 is 0 Å². The predicted molar refractivity (Wildman–Crippen MR) is 64.8 cm³/mol. The van der Waals surface area contributed by atoms with Crippen molar-refractivity contribution < 1.29 is 9.59 Å². The van der Waals surface area contributed by atoms with Gasteiger partial charge in [-0.05, 0) is 33.4 Å². The molecule has 0 heterocycles. The Morgan fingerprint density at radius 2 is 1.88 bits per heavy atom. The average Bonchev–Trinajstić information content (AvgIpc) is 2.29. The number of aliphatic imine (C=N–C) groups is 1. The minimum Gasteiger partial charge on any atom is -0.299 e. The predicted octanol–water partition coefficient (Wildman–Crippen LogP) is 2.57. The van der Waals surface area contributed by atoms with Crippen molar-refractivity contribution in [1.29, 1.82) is 0 Å². The Morgan fingerprint density at radius 1 is 1.31 bits per heavy atom. The summed E-state index contributed by atoms with van der Waals surface area (Å²) in [5.74, 6) is 0.105. The molecule has 0 aromatic rings. The standard InChI is InChI=1S/C13H21NO2/c1-10(14-3)9-12(16)13(11(2)15)7-5-4-6-8-13/h10H,3-9H2,1-2H3. The topological polar surface area (TPSA) is 46.5 Å². The Morgan fingerprint density at radius 3 is 2.31 bits per heavy atom. The van der Waals surface area contributed by atoms with E-state index in [4.69, 9.17) is 0 Å². The van der Waals surface area contributed by atoms with Gasteiger partial charge >= 0.3 is 0 Å². The van der Waals surface area contributed by atoms with E-state index in [1.807, 2.05) is 6.92 Å². The Labute approximate surface area is 97.3 Å². The zero-order valence-corrected chi connectivity index (χ0v) is 10.3. The highest BCUT2D eigenvalue weighted by atomic mass is 16.2. The van der Waals surface area contributed by atoms with Gasteiger partial charge in [0.2, 0.25) is 0 Å². The second-order valence-electron chi connectivity index (χ2n) is 4.86. The van der Waals surface area contributed by atoms with E-state index in [1.165, 1.54) is 0 Å². The van der Waals surface area contributed by atoms with Crippen molar-refractivity contribution in [2.24, 2.45) is 10.4 Å². The summed E-state index contributed by atoms with van der Waals surface area (Å²) in [5.41, 5.74) is -0.697. The summed E-state index contributed by atoms with van der Waals surface area (Å²) >= 11 is 0. The van der Waals surface area contributed by atoms with Gasteiger partial charge < -0.3 is 0 Å². The van der Waals surface area contributed by atoms with Gasteiger partial charge in [0.15, 0.2) is 0 Å². The first-order valence-corrected chi connectivity index (χ1v) is 6.03. The summed E-state index contributed by atoms with van der Waals surface area (Å²) in [6, 6.07) is -0.0781. The van der Waals surface area contributed by atoms with E-state index in [0.717, 1.165) is 32.1 Å². The number of carbonyl (C=O) groups is 2. The Bertz CT molecular complexity index is 290. The van der Waals surface area contributed by atoms with Crippen molar-refractivity contribution in [3.8, 4) is 0 Å². The Hall–Kier alpha value is -0.990. The summed E-state index contributed by atoms with van der Waals surface area (Å²) < 4.78 is 0. The van der Waals surface area contributed by atoms with Crippen LogP contribution in [-0.2, 0) is 9.59 Å². The molecule has 0 aliphatic heterocycles. The van der Waals surface area contributed by atoms with Crippen molar-refractivity contribution in [2.45, 2.75) is 58.4 Å². The molecule has 1 aliphatic rings. The minimum atomic E-state index is -0.697. The monoisotopic (exact) mass is 223 g/mol. The van der Waals surface area contributed by atoms with Gasteiger partial charge in [0.25, 0.3) is 0 Å². The van der Waals surface area contributed by atoms with Crippen LogP contribution in [0.4, 0.5) is 0 Å². The minimum absolute atomic E-state index is 0.0356. The normalized spacial score (nSPS) is 21.1. The second-order valence-corrected chi connectivity index (χ2v) is 4.86. The quantitative estimate of drug-likeness (QED) is 0.531. The maximum atomic E-state index is 12.2. The highest BCUT2D eigenvalue weighted by Gasteiger charge is 2.43. The van der Waals surface area contributed by atoms with Crippen LogP contribution in [-0.4, -0.2) is 24.3 Å². The summed E-state index contributed by atoms with van der Waals surface area (Å²) in [6.07, 6.45) is 4.92. The van der Waals surface area contributed by atoms with Gasteiger partial charge in [0.1, 0.15) is 11.6 Å². The molecule has 90 valence electrons. The molecule has 16 heavy (non-hydrogen) atoms. The largest absolute Gasteiger partial charge is 0.299 e. The molecule has 3 nitrogen and oxygen atoms in total. The molecular formula is C13H21NO2. The molecule has 0 spiro atoms. The number of nitrogens with zero attached hydrogens (tertiary/aromatic N) is 1. The number of rotatable bonds is 5.